The number of hydrogen-bond acceptors (Lipinski definition) is 4. The molecule has 0 amide bonds. The van der Waals surface area contributed by atoms with E-state index in [-0.39, 0.29) is 6.04 Å². The van der Waals surface area contributed by atoms with Crippen LogP contribution in [0.1, 0.15) is 25.1 Å². The van der Waals surface area contributed by atoms with Gasteiger partial charge in [-0.3, -0.25) is 4.98 Å². The molecule has 2 rings (SSSR count). The molecule has 0 radical (unpaired) electrons. The SMILES string of the molecule is CC(N)c1ccc(N(CCC#N)c2ccccc2)cn1. The summed E-state index contributed by atoms with van der Waals surface area (Å²) in [5.41, 5.74) is 8.70. The van der Waals surface area contributed by atoms with Crippen molar-refractivity contribution >= 4 is 11.4 Å². The standard InChI is InChI=1S/C16H18N4/c1-13(18)16-9-8-15(12-19-16)20(11-5-10-17)14-6-3-2-4-7-14/h2-4,6-9,12-13H,5,11,18H2,1H3. The van der Waals surface area contributed by atoms with Gasteiger partial charge in [0.1, 0.15) is 0 Å². The summed E-state index contributed by atoms with van der Waals surface area (Å²) in [6.07, 6.45) is 2.27. The Hall–Kier alpha value is -2.38. The summed E-state index contributed by atoms with van der Waals surface area (Å²) in [5, 5.41) is 8.82. The van der Waals surface area contributed by atoms with Crippen LogP contribution in [0.5, 0.6) is 0 Å². The van der Waals surface area contributed by atoms with Crippen molar-refractivity contribution in [2.24, 2.45) is 5.73 Å². The van der Waals surface area contributed by atoms with Crippen LogP contribution in [0.4, 0.5) is 11.4 Å². The molecule has 2 aromatic rings. The van der Waals surface area contributed by atoms with Gasteiger partial charge in [-0.15, -0.1) is 0 Å². The number of pyridine rings is 1. The third kappa shape index (κ3) is 3.34. The molecule has 0 bridgehead atoms. The maximum Gasteiger partial charge on any atom is 0.0640 e. The van der Waals surface area contributed by atoms with E-state index in [1.165, 1.54) is 0 Å². The number of nitriles is 1. The fraction of sp³-hybridized carbons (Fsp3) is 0.250. The monoisotopic (exact) mass is 266 g/mol. The fourth-order valence-electron chi connectivity index (χ4n) is 2.00. The predicted octanol–water partition coefficient (Wildman–Crippen LogP) is 3.15. The van der Waals surface area contributed by atoms with E-state index in [9.17, 15) is 0 Å². The Balaban J connectivity index is 2.29. The maximum absolute atomic E-state index is 8.82. The highest BCUT2D eigenvalue weighted by Gasteiger charge is 2.10. The van der Waals surface area contributed by atoms with Gasteiger partial charge < -0.3 is 10.6 Å². The van der Waals surface area contributed by atoms with E-state index in [1.807, 2.05) is 55.6 Å². The Morgan fingerprint density at radius 2 is 1.95 bits per heavy atom. The summed E-state index contributed by atoms with van der Waals surface area (Å²) < 4.78 is 0. The van der Waals surface area contributed by atoms with Gasteiger partial charge >= 0.3 is 0 Å². The summed E-state index contributed by atoms with van der Waals surface area (Å²) in [7, 11) is 0. The first-order valence-electron chi connectivity index (χ1n) is 6.63. The van der Waals surface area contributed by atoms with Gasteiger partial charge in [-0.25, -0.2) is 0 Å². The average molecular weight is 266 g/mol. The molecular weight excluding hydrogens is 248 g/mol. The summed E-state index contributed by atoms with van der Waals surface area (Å²) >= 11 is 0. The molecular formula is C16H18N4. The molecule has 20 heavy (non-hydrogen) atoms. The van der Waals surface area contributed by atoms with Crippen LogP contribution in [0, 0.1) is 11.3 Å². The lowest BCUT2D eigenvalue weighted by Gasteiger charge is -2.24. The molecule has 1 atom stereocenters. The number of nitrogens with zero attached hydrogens (tertiary/aromatic N) is 3. The number of hydrogen-bond donors (Lipinski definition) is 1. The normalized spacial score (nSPS) is 11.7. The second kappa shape index (κ2) is 6.69. The first kappa shape index (κ1) is 14.0. The van der Waals surface area contributed by atoms with Gasteiger partial charge in [-0.05, 0) is 31.2 Å². The van der Waals surface area contributed by atoms with E-state index >= 15 is 0 Å². The van der Waals surface area contributed by atoms with Gasteiger partial charge in [-0.2, -0.15) is 5.26 Å². The molecule has 4 nitrogen and oxygen atoms in total. The van der Waals surface area contributed by atoms with Crippen LogP contribution in [0.2, 0.25) is 0 Å². The van der Waals surface area contributed by atoms with Crippen LogP contribution in [0.25, 0.3) is 0 Å². The lowest BCUT2D eigenvalue weighted by molar-refractivity contribution is 0.780. The number of nitrogens with two attached hydrogens (primary N) is 1. The Kier molecular flexibility index (Phi) is 4.70. The summed E-state index contributed by atoms with van der Waals surface area (Å²) in [4.78, 5) is 6.47. The highest BCUT2D eigenvalue weighted by Crippen LogP contribution is 2.25. The third-order valence-corrected chi connectivity index (χ3v) is 3.06. The number of anilines is 2. The zero-order valence-corrected chi connectivity index (χ0v) is 11.5. The second-order valence-corrected chi connectivity index (χ2v) is 4.63. The lowest BCUT2D eigenvalue weighted by atomic mass is 10.2. The Morgan fingerprint density at radius 1 is 1.20 bits per heavy atom. The summed E-state index contributed by atoms with van der Waals surface area (Å²) in [6, 6.07) is 16.0. The van der Waals surface area contributed by atoms with E-state index in [1.54, 1.807) is 0 Å². The van der Waals surface area contributed by atoms with Crippen molar-refractivity contribution in [1.82, 2.24) is 4.98 Å². The number of rotatable bonds is 5. The van der Waals surface area contributed by atoms with Crippen LogP contribution < -0.4 is 10.6 Å². The van der Waals surface area contributed by atoms with Gasteiger partial charge in [0.2, 0.25) is 0 Å². The number of benzene rings is 1. The Labute approximate surface area is 119 Å². The number of aromatic nitrogens is 1. The molecule has 0 fully saturated rings. The molecule has 1 unspecified atom stereocenters. The second-order valence-electron chi connectivity index (χ2n) is 4.63. The van der Waals surface area contributed by atoms with Crippen molar-refractivity contribution < 1.29 is 0 Å². The van der Waals surface area contributed by atoms with Crippen molar-refractivity contribution in [2.75, 3.05) is 11.4 Å². The molecule has 102 valence electrons. The van der Waals surface area contributed by atoms with Gasteiger partial charge in [0.25, 0.3) is 0 Å². The summed E-state index contributed by atoms with van der Waals surface area (Å²) in [6.45, 7) is 2.55. The number of para-hydroxylation sites is 1. The van der Waals surface area contributed by atoms with Crippen LogP contribution in [-0.2, 0) is 0 Å². The largest absolute Gasteiger partial charge is 0.339 e. The minimum Gasteiger partial charge on any atom is -0.339 e. The highest BCUT2D eigenvalue weighted by molar-refractivity contribution is 5.62. The van der Waals surface area contributed by atoms with Gasteiger partial charge in [0.15, 0.2) is 0 Å². The van der Waals surface area contributed by atoms with E-state index in [0.717, 1.165) is 17.1 Å². The van der Waals surface area contributed by atoms with Crippen molar-refractivity contribution in [3.05, 3.63) is 54.4 Å². The first-order chi connectivity index (χ1) is 9.72. The summed E-state index contributed by atoms with van der Waals surface area (Å²) in [5.74, 6) is 0. The molecule has 0 saturated heterocycles. The molecule has 1 aromatic heterocycles. The topological polar surface area (TPSA) is 65.9 Å². The lowest BCUT2D eigenvalue weighted by Crippen LogP contribution is -2.18. The maximum atomic E-state index is 8.82. The van der Waals surface area contributed by atoms with Crippen molar-refractivity contribution in [3.8, 4) is 6.07 Å². The smallest absolute Gasteiger partial charge is 0.0640 e. The van der Waals surface area contributed by atoms with E-state index in [0.29, 0.717) is 13.0 Å². The van der Waals surface area contributed by atoms with Gasteiger partial charge in [-0.1, -0.05) is 18.2 Å². The predicted molar refractivity (Wildman–Crippen MR) is 80.5 cm³/mol. The van der Waals surface area contributed by atoms with E-state index in [2.05, 4.69) is 16.0 Å². The van der Waals surface area contributed by atoms with Crippen LogP contribution in [0.15, 0.2) is 48.7 Å². The molecule has 1 aromatic carbocycles. The van der Waals surface area contributed by atoms with Crippen molar-refractivity contribution in [3.63, 3.8) is 0 Å². The van der Waals surface area contributed by atoms with Crippen molar-refractivity contribution in [2.45, 2.75) is 19.4 Å². The highest BCUT2D eigenvalue weighted by atomic mass is 15.1. The van der Waals surface area contributed by atoms with E-state index < -0.39 is 0 Å². The van der Waals surface area contributed by atoms with Crippen LogP contribution in [0.3, 0.4) is 0 Å². The minimum atomic E-state index is -0.0756. The Morgan fingerprint density at radius 3 is 2.50 bits per heavy atom. The molecule has 2 N–H and O–H groups in total. The van der Waals surface area contributed by atoms with Crippen LogP contribution in [-0.4, -0.2) is 11.5 Å². The average Bonchev–Trinajstić information content (AvgIpc) is 2.49. The van der Waals surface area contributed by atoms with Gasteiger partial charge in [0, 0.05) is 18.3 Å². The fourth-order valence-corrected chi connectivity index (χ4v) is 2.00. The van der Waals surface area contributed by atoms with Crippen molar-refractivity contribution in [1.29, 1.82) is 5.26 Å². The molecule has 0 aliphatic carbocycles. The van der Waals surface area contributed by atoms with Crippen LogP contribution >= 0.6 is 0 Å². The first-order valence-corrected chi connectivity index (χ1v) is 6.63. The quantitative estimate of drug-likeness (QED) is 0.902. The third-order valence-electron chi connectivity index (χ3n) is 3.06. The Bertz CT molecular complexity index is 570. The molecule has 0 spiro atoms. The molecule has 4 heteroatoms. The van der Waals surface area contributed by atoms with Gasteiger partial charge in [0.05, 0.1) is 30.1 Å². The zero-order chi connectivity index (χ0) is 14.4. The van der Waals surface area contributed by atoms with E-state index in [4.69, 9.17) is 11.0 Å². The minimum absolute atomic E-state index is 0.0756. The zero-order valence-electron chi connectivity index (χ0n) is 11.5. The molecule has 0 aliphatic rings. The molecule has 1 heterocycles. The molecule has 0 aliphatic heterocycles. The molecule has 0 saturated carbocycles.